The van der Waals surface area contributed by atoms with Gasteiger partial charge in [0.05, 0.1) is 7.11 Å². The molecule has 0 saturated heterocycles. The average Bonchev–Trinajstić information content (AvgIpc) is 2.50. The van der Waals surface area contributed by atoms with Crippen LogP contribution in [-0.2, 0) is 0 Å². The highest BCUT2D eigenvalue weighted by atomic mass is 16.5. The molecular weight excluding hydrogens is 204 g/mol. The van der Waals surface area contributed by atoms with Gasteiger partial charge in [-0.1, -0.05) is 13.8 Å². The van der Waals surface area contributed by atoms with E-state index in [-0.39, 0.29) is 0 Å². The summed E-state index contributed by atoms with van der Waals surface area (Å²) in [5.74, 6) is 2.64. The Bertz CT molecular complexity index is 367. The van der Waals surface area contributed by atoms with E-state index in [2.05, 4.69) is 34.4 Å². The second-order valence-corrected chi connectivity index (χ2v) is 4.37. The molecule has 5 heteroatoms. The molecule has 1 atom stereocenters. The van der Waals surface area contributed by atoms with Crippen molar-refractivity contribution in [1.82, 2.24) is 9.97 Å². The molecule has 2 rings (SSSR count). The van der Waals surface area contributed by atoms with Gasteiger partial charge in [0.2, 0.25) is 5.88 Å². The summed E-state index contributed by atoms with van der Waals surface area (Å²) in [6.07, 6.45) is 1.52. The van der Waals surface area contributed by atoms with Crippen molar-refractivity contribution in [3.05, 3.63) is 6.33 Å². The zero-order chi connectivity index (χ0) is 11.5. The lowest BCUT2D eigenvalue weighted by molar-refractivity contribution is 0.398. The molecule has 0 aromatic carbocycles. The van der Waals surface area contributed by atoms with Gasteiger partial charge >= 0.3 is 0 Å². The van der Waals surface area contributed by atoms with Crippen molar-refractivity contribution in [1.29, 1.82) is 0 Å². The third kappa shape index (κ3) is 2.03. The maximum Gasteiger partial charge on any atom is 0.242 e. The molecule has 1 aliphatic rings. The average molecular weight is 222 g/mol. The number of nitrogens with zero attached hydrogens (tertiary/aromatic N) is 2. The molecule has 1 unspecified atom stereocenters. The largest absolute Gasteiger partial charge is 0.479 e. The van der Waals surface area contributed by atoms with Gasteiger partial charge < -0.3 is 15.4 Å². The van der Waals surface area contributed by atoms with Crippen molar-refractivity contribution in [3.63, 3.8) is 0 Å². The number of hydrogen-bond acceptors (Lipinski definition) is 5. The maximum absolute atomic E-state index is 5.21. The Morgan fingerprint density at radius 2 is 2.06 bits per heavy atom. The first kappa shape index (κ1) is 11.0. The summed E-state index contributed by atoms with van der Waals surface area (Å²) in [5.41, 5.74) is 0.869. The van der Waals surface area contributed by atoms with Crippen LogP contribution < -0.4 is 15.4 Å². The molecule has 0 bridgehead atoms. The topological polar surface area (TPSA) is 59.1 Å². The number of aromatic nitrogens is 2. The minimum absolute atomic E-state index is 0.582. The minimum atomic E-state index is 0.582. The van der Waals surface area contributed by atoms with E-state index < -0.39 is 0 Å². The van der Waals surface area contributed by atoms with E-state index in [0.717, 1.165) is 24.6 Å². The smallest absolute Gasteiger partial charge is 0.242 e. The van der Waals surface area contributed by atoms with Gasteiger partial charge in [-0.15, -0.1) is 0 Å². The van der Waals surface area contributed by atoms with Gasteiger partial charge in [-0.2, -0.15) is 4.98 Å². The summed E-state index contributed by atoms with van der Waals surface area (Å²) in [6, 6.07) is 0. The molecule has 2 N–H and O–H groups in total. The molecule has 2 heterocycles. The number of fused-ring (bicyclic) bond motifs is 1. The van der Waals surface area contributed by atoms with Crippen LogP contribution in [0.1, 0.15) is 13.8 Å². The van der Waals surface area contributed by atoms with E-state index in [1.165, 1.54) is 6.33 Å². The Morgan fingerprint density at radius 1 is 1.31 bits per heavy atom. The second-order valence-electron chi connectivity index (χ2n) is 4.37. The summed E-state index contributed by atoms with van der Waals surface area (Å²) in [7, 11) is 1.62. The maximum atomic E-state index is 5.21. The van der Waals surface area contributed by atoms with E-state index in [1.807, 2.05) is 0 Å². The fourth-order valence-electron chi connectivity index (χ4n) is 1.82. The number of nitrogens with one attached hydrogen (secondary N) is 2. The molecule has 0 radical (unpaired) electrons. The van der Waals surface area contributed by atoms with Crippen molar-refractivity contribution in [2.45, 2.75) is 13.8 Å². The van der Waals surface area contributed by atoms with Crippen LogP contribution in [0, 0.1) is 11.8 Å². The molecule has 0 fully saturated rings. The Balaban J connectivity index is 2.23. The van der Waals surface area contributed by atoms with E-state index in [4.69, 9.17) is 4.74 Å². The Labute approximate surface area is 95.6 Å². The predicted octanol–water partition coefficient (Wildman–Crippen LogP) is 1.59. The van der Waals surface area contributed by atoms with E-state index in [9.17, 15) is 0 Å². The Kier molecular flexibility index (Phi) is 3.12. The minimum Gasteiger partial charge on any atom is -0.479 e. The second kappa shape index (κ2) is 4.55. The van der Waals surface area contributed by atoms with Crippen LogP contribution >= 0.6 is 0 Å². The number of ether oxygens (including phenoxy) is 1. The molecule has 0 spiro atoms. The van der Waals surface area contributed by atoms with Gasteiger partial charge in [0.1, 0.15) is 12.0 Å². The molecule has 0 aliphatic carbocycles. The number of methoxy groups -OCH3 is 1. The van der Waals surface area contributed by atoms with Gasteiger partial charge in [0, 0.05) is 13.1 Å². The fourth-order valence-corrected chi connectivity index (χ4v) is 1.82. The summed E-state index contributed by atoms with van der Waals surface area (Å²) in [6.45, 7) is 6.30. The SMILES string of the molecule is COc1ncnc2c1NCC(C(C)C)CN2. The fraction of sp³-hybridized carbons (Fsp3) is 0.636. The first-order chi connectivity index (χ1) is 7.72. The highest BCUT2D eigenvalue weighted by Crippen LogP contribution is 2.31. The van der Waals surface area contributed by atoms with Crippen molar-refractivity contribution >= 4 is 11.5 Å². The number of rotatable bonds is 2. The third-order valence-electron chi connectivity index (χ3n) is 3.02. The van der Waals surface area contributed by atoms with Gasteiger partial charge in [0.25, 0.3) is 0 Å². The summed E-state index contributed by atoms with van der Waals surface area (Å²) in [5, 5.41) is 6.70. The van der Waals surface area contributed by atoms with Crippen molar-refractivity contribution in [3.8, 4) is 5.88 Å². The standard InChI is InChI=1S/C11H18N4O/c1-7(2)8-4-12-9-10(13-5-8)14-6-15-11(9)16-3/h6-8,12H,4-5H2,1-3H3,(H,13,14,15). The molecule has 88 valence electrons. The summed E-state index contributed by atoms with van der Waals surface area (Å²) in [4.78, 5) is 8.30. The summed E-state index contributed by atoms with van der Waals surface area (Å²) >= 11 is 0. The van der Waals surface area contributed by atoms with Crippen LogP contribution in [-0.4, -0.2) is 30.2 Å². The quantitative estimate of drug-likeness (QED) is 0.796. The van der Waals surface area contributed by atoms with Crippen molar-refractivity contribution in [2.24, 2.45) is 11.8 Å². The van der Waals surface area contributed by atoms with Crippen LogP contribution in [0.2, 0.25) is 0 Å². The third-order valence-corrected chi connectivity index (χ3v) is 3.02. The Morgan fingerprint density at radius 3 is 2.75 bits per heavy atom. The van der Waals surface area contributed by atoms with Crippen LogP contribution in [0.3, 0.4) is 0 Å². The lowest BCUT2D eigenvalue weighted by atomic mass is 9.96. The molecule has 1 aliphatic heterocycles. The summed E-state index contributed by atoms with van der Waals surface area (Å²) < 4.78 is 5.21. The van der Waals surface area contributed by atoms with E-state index >= 15 is 0 Å². The highest BCUT2D eigenvalue weighted by Gasteiger charge is 2.21. The van der Waals surface area contributed by atoms with Crippen molar-refractivity contribution < 1.29 is 4.74 Å². The zero-order valence-electron chi connectivity index (χ0n) is 9.95. The zero-order valence-corrected chi connectivity index (χ0v) is 9.95. The monoisotopic (exact) mass is 222 g/mol. The molecule has 0 saturated carbocycles. The molecule has 0 amide bonds. The lowest BCUT2D eigenvalue weighted by Gasteiger charge is -2.18. The lowest BCUT2D eigenvalue weighted by Crippen LogP contribution is -2.23. The molecular formula is C11H18N4O. The number of hydrogen-bond donors (Lipinski definition) is 2. The van der Waals surface area contributed by atoms with Gasteiger partial charge in [-0.05, 0) is 11.8 Å². The highest BCUT2D eigenvalue weighted by molar-refractivity contribution is 5.70. The van der Waals surface area contributed by atoms with Crippen molar-refractivity contribution in [2.75, 3.05) is 30.8 Å². The first-order valence-electron chi connectivity index (χ1n) is 5.59. The van der Waals surface area contributed by atoms with E-state index in [1.54, 1.807) is 7.11 Å². The normalized spacial score (nSPS) is 19.4. The van der Waals surface area contributed by atoms with Crippen LogP contribution in [0.5, 0.6) is 5.88 Å². The van der Waals surface area contributed by atoms with Gasteiger partial charge in [-0.25, -0.2) is 4.98 Å². The first-order valence-corrected chi connectivity index (χ1v) is 5.59. The molecule has 16 heavy (non-hydrogen) atoms. The predicted molar refractivity (Wildman–Crippen MR) is 63.9 cm³/mol. The van der Waals surface area contributed by atoms with Gasteiger partial charge in [-0.3, -0.25) is 0 Å². The van der Waals surface area contributed by atoms with Gasteiger partial charge in [0.15, 0.2) is 5.82 Å². The van der Waals surface area contributed by atoms with E-state index in [0.29, 0.717) is 17.7 Å². The van der Waals surface area contributed by atoms with Crippen LogP contribution in [0.4, 0.5) is 11.5 Å². The van der Waals surface area contributed by atoms with Crippen LogP contribution in [0.15, 0.2) is 6.33 Å². The molecule has 5 nitrogen and oxygen atoms in total. The molecule has 1 aromatic rings. The number of anilines is 2. The van der Waals surface area contributed by atoms with Crippen LogP contribution in [0.25, 0.3) is 0 Å². The molecule has 1 aromatic heterocycles. The Hall–Kier alpha value is -1.52.